The first-order chi connectivity index (χ1) is 6.29. The molecule has 0 radical (unpaired) electrons. The van der Waals surface area contributed by atoms with Gasteiger partial charge in [-0.2, -0.15) is 0 Å². The molecule has 0 aromatic rings. The van der Waals surface area contributed by atoms with Gasteiger partial charge in [0.25, 0.3) is 0 Å². The van der Waals surface area contributed by atoms with Gasteiger partial charge in [0, 0.05) is 11.9 Å². The molecule has 0 unspecified atom stereocenters. The summed E-state index contributed by atoms with van der Waals surface area (Å²) in [6.07, 6.45) is 0. The van der Waals surface area contributed by atoms with Crippen molar-refractivity contribution in [3.05, 3.63) is 0 Å². The van der Waals surface area contributed by atoms with E-state index in [0.29, 0.717) is 0 Å². The van der Waals surface area contributed by atoms with Crippen LogP contribution < -0.4 is 20.4 Å². The predicted octanol–water partition coefficient (Wildman–Crippen LogP) is -4.52. The van der Waals surface area contributed by atoms with Crippen LogP contribution in [0.5, 0.6) is 0 Å². The Hall–Kier alpha value is 0.392. The second-order valence-corrected chi connectivity index (χ2v) is 1.56. The van der Waals surface area contributed by atoms with Gasteiger partial charge < -0.3 is 30.0 Å². The van der Waals surface area contributed by atoms with Crippen LogP contribution in [0.1, 0.15) is 27.7 Å². The molecule has 0 aromatic carbocycles. The summed E-state index contributed by atoms with van der Waals surface area (Å²) in [5.74, 6) is -2.17. The Kier molecular flexibility index (Phi) is 102. The van der Waals surface area contributed by atoms with Crippen LogP contribution in [-0.2, 0) is 9.59 Å². The van der Waals surface area contributed by atoms with Gasteiger partial charge in [-0.1, -0.05) is 13.8 Å². The Labute approximate surface area is 128 Å². The number of rotatable bonds is 0. The van der Waals surface area contributed by atoms with Crippen LogP contribution in [0.3, 0.4) is 0 Å². The SMILES string of the molecule is CC(=O)[O-].CC(=O)[O-].CC[O-].CC[O-].[Mg+2].[Mg+2]. The fourth-order valence-electron chi connectivity index (χ4n) is 0. The molecule has 88 valence electrons. The van der Waals surface area contributed by atoms with Crippen molar-refractivity contribution in [2.24, 2.45) is 0 Å². The van der Waals surface area contributed by atoms with E-state index in [0.717, 1.165) is 13.8 Å². The molecule has 0 N–H and O–H groups in total. The fourth-order valence-corrected chi connectivity index (χ4v) is 0. The van der Waals surface area contributed by atoms with E-state index in [1.165, 1.54) is 0 Å². The molecule has 0 amide bonds. The van der Waals surface area contributed by atoms with Crippen molar-refractivity contribution >= 4 is 58.0 Å². The molecule has 0 saturated heterocycles. The van der Waals surface area contributed by atoms with Gasteiger partial charge in [-0.25, -0.2) is 0 Å². The summed E-state index contributed by atoms with van der Waals surface area (Å²) >= 11 is 0. The Morgan fingerprint density at radius 1 is 0.812 bits per heavy atom. The minimum absolute atomic E-state index is 0. The number of hydrogen-bond donors (Lipinski definition) is 0. The summed E-state index contributed by atoms with van der Waals surface area (Å²) in [7, 11) is 0. The summed E-state index contributed by atoms with van der Waals surface area (Å²) in [6, 6.07) is 0. The van der Waals surface area contributed by atoms with Crippen molar-refractivity contribution in [2.75, 3.05) is 13.2 Å². The van der Waals surface area contributed by atoms with Crippen LogP contribution >= 0.6 is 0 Å². The van der Waals surface area contributed by atoms with Gasteiger partial charge in [0.2, 0.25) is 0 Å². The van der Waals surface area contributed by atoms with Gasteiger partial charge in [-0.3, -0.25) is 0 Å². The average Bonchev–Trinajstić information content (AvgIpc) is 1.85. The topological polar surface area (TPSA) is 126 Å². The monoisotopic (exact) mass is 256 g/mol. The Balaban J connectivity index is -0.0000000202. The third-order valence-corrected chi connectivity index (χ3v) is 0. The number of hydrogen-bond acceptors (Lipinski definition) is 6. The van der Waals surface area contributed by atoms with Crippen LogP contribution in [0.15, 0.2) is 0 Å². The average molecular weight is 257 g/mol. The summed E-state index contributed by atoms with van der Waals surface area (Å²) in [5, 5.41) is 35.6. The first-order valence-electron chi connectivity index (χ1n) is 3.81. The minimum atomic E-state index is -1.08. The molecule has 0 aromatic heterocycles. The zero-order valence-corrected chi connectivity index (χ0v) is 13.1. The molecule has 0 rings (SSSR count). The molecule has 0 heterocycles. The predicted molar refractivity (Wildman–Crippen MR) is 54.0 cm³/mol. The van der Waals surface area contributed by atoms with E-state index in [1.807, 2.05) is 0 Å². The zero-order valence-electron chi connectivity index (χ0n) is 10.3. The normalized spacial score (nSPS) is 5.38. The van der Waals surface area contributed by atoms with Crippen molar-refractivity contribution in [3.63, 3.8) is 0 Å². The summed E-state index contributed by atoms with van der Waals surface area (Å²) < 4.78 is 0. The first-order valence-corrected chi connectivity index (χ1v) is 3.81. The van der Waals surface area contributed by atoms with Crippen molar-refractivity contribution in [1.29, 1.82) is 0 Å². The van der Waals surface area contributed by atoms with Crippen molar-refractivity contribution in [2.45, 2.75) is 27.7 Å². The molecule has 6 nitrogen and oxygen atoms in total. The molecular weight excluding hydrogens is 241 g/mol. The van der Waals surface area contributed by atoms with Crippen molar-refractivity contribution < 1.29 is 30.0 Å². The number of carbonyl (C=O) groups is 2. The number of aliphatic carboxylic acids is 2. The number of carboxylic acid groups (broad SMARTS) is 2. The quantitative estimate of drug-likeness (QED) is 0.402. The van der Waals surface area contributed by atoms with Gasteiger partial charge in [-0.15, -0.1) is 13.2 Å². The second-order valence-electron chi connectivity index (χ2n) is 1.56. The molecule has 0 aliphatic heterocycles. The minimum Gasteiger partial charge on any atom is -0.855 e. The van der Waals surface area contributed by atoms with Gasteiger partial charge in [-0.05, 0) is 13.8 Å². The van der Waals surface area contributed by atoms with Crippen LogP contribution in [0.2, 0.25) is 0 Å². The summed E-state index contributed by atoms with van der Waals surface area (Å²) in [6.45, 7) is 5.08. The molecule has 0 saturated carbocycles. The van der Waals surface area contributed by atoms with Gasteiger partial charge in [0.1, 0.15) is 0 Å². The molecule has 0 spiro atoms. The molecule has 0 atom stereocenters. The van der Waals surface area contributed by atoms with E-state index in [9.17, 15) is 0 Å². The number of carboxylic acids is 2. The third kappa shape index (κ3) is 16800. The van der Waals surface area contributed by atoms with Gasteiger partial charge >= 0.3 is 46.1 Å². The van der Waals surface area contributed by atoms with E-state index in [-0.39, 0.29) is 59.3 Å². The smallest absolute Gasteiger partial charge is 0.855 e. The van der Waals surface area contributed by atoms with E-state index < -0.39 is 11.9 Å². The Morgan fingerprint density at radius 3 is 0.812 bits per heavy atom. The van der Waals surface area contributed by atoms with Crippen LogP contribution in [0, 0.1) is 0 Å². The Bertz CT molecular complexity index is 99.1. The maximum absolute atomic E-state index is 8.93. The zero-order chi connectivity index (χ0) is 12.6. The number of carbonyl (C=O) groups excluding carboxylic acids is 2. The van der Waals surface area contributed by atoms with E-state index in [1.54, 1.807) is 13.8 Å². The molecule has 0 fully saturated rings. The van der Waals surface area contributed by atoms with Gasteiger partial charge in [0.05, 0.1) is 0 Å². The maximum atomic E-state index is 8.93. The van der Waals surface area contributed by atoms with Crippen LogP contribution in [0.4, 0.5) is 0 Å². The van der Waals surface area contributed by atoms with Crippen molar-refractivity contribution in [3.8, 4) is 0 Å². The fraction of sp³-hybridized carbons (Fsp3) is 0.750. The van der Waals surface area contributed by atoms with Crippen molar-refractivity contribution in [1.82, 2.24) is 0 Å². The third-order valence-electron chi connectivity index (χ3n) is 0. The second kappa shape index (κ2) is 45.3. The van der Waals surface area contributed by atoms with E-state index in [4.69, 9.17) is 30.0 Å². The van der Waals surface area contributed by atoms with E-state index >= 15 is 0 Å². The van der Waals surface area contributed by atoms with E-state index in [2.05, 4.69) is 0 Å². The largest absolute Gasteiger partial charge is 2.00 e. The molecule has 0 bridgehead atoms. The first kappa shape index (κ1) is 36.0. The molecule has 0 aliphatic carbocycles. The molecule has 16 heavy (non-hydrogen) atoms. The molecule has 8 heteroatoms. The van der Waals surface area contributed by atoms with Gasteiger partial charge in [0.15, 0.2) is 0 Å². The molecule has 0 aliphatic rings. The van der Waals surface area contributed by atoms with Crippen LogP contribution in [-0.4, -0.2) is 71.3 Å². The van der Waals surface area contributed by atoms with Crippen LogP contribution in [0.25, 0.3) is 0 Å². The Morgan fingerprint density at radius 2 is 0.812 bits per heavy atom. The maximum Gasteiger partial charge on any atom is 2.00 e. The summed E-state index contributed by atoms with van der Waals surface area (Å²) in [5.41, 5.74) is 0. The standard InChI is InChI=1S/2C2H4O2.2C2H5O.2Mg/c2*1-2(3)4;2*1-2-3;;/h2*1H3,(H,3,4);2*2H2,1H3;;/q;;2*-1;2*+2/p-2. The summed E-state index contributed by atoms with van der Waals surface area (Å²) in [4.78, 5) is 17.8. The molecular formula is C8H16Mg2O6.